The second kappa shape index (κ2) is 14.5. The van der Waals surface area contributed by atoms with Crippen LogP contribution in [-0.4, -0.2) is 4.57 Å². The molecule has 286 valence electrons. The molecule has 0 saturated heterocycles. The summed E-state index contributed by atoms with van der Waals surface area (Å²) in [5.74, 6) is 0. The molecule has 0 aliphatic carbocycles. The highest BCUT2D eigenvalue weighted by Gasteiger charge is 2.23. The Kier molecular flexibility index (Phi) is 8.39. The maximum atomic E-state index is 2.49. The van der Waals surface area contributed by atoms with Crippen LogP contribution in [-0.2, 0) is 0 Å². The number of hydrogen-bond donors (Lipinski definition) is 0. The predicted molar refractivity (Wildman–Crippen MR) is 262 cm³/mol. The smallest absolute Gasteiger partial charge is 0.0640 e. The van der Waals surface area contributed by atoms with Gasteiger partial charge in [0, 0.05) is 43.2 Å². The summed E-state index contributed by atoms with van der Waals surface area (Å²) in [5, 5.41) is 7.57. The minimum Gasteiger partial charge on any atom is -0.309 e. The van der Waals surface area contributed by atoms with Crippen LogP contribution in [0.3, 0.4) is 0 Å². The highest BCUT2D eigenvalue weighted by atomic mass is 32.1. The standard InChI is InChI=1S/C58H38N2S/c1-2-15-41(16-3-1)48-36-33-43(47-25-13-18-40-17-4-5-21-46(40)47)38-56(48)59(55-29-14-26-52-51-24-8-11-30-57(51)61-58(52)55)44-34-31-39(32-35-44)42-19-12-20-45(37-42)60-53-27-9-6-22-49(53)50-23-7-10-28-54(50)60/h1-38H. The molecule has 12 rings (SSSR count). The Hall–Kier alpha value is -7.72. The maximum absolute atomic E-state index is 2.49. The summed E-state index contributed by atoms with van der Waals surface area (Å²) in [6.07, 6.45) is 0. The molecular formula is C58H38N2S. The average molecular weight is 795 g/mol. The monoisotopic (exact) mass is 794 g/mol. The van der Waals surface area contributed by atoms with E-state index in [2.05, 4.69) is 240 Å². The second-order valence-electron chi connectivity index (χ2n) is 15.7. The van der Waals surface area contributed by atoms with Gasteiger partial charge in [-0.3, -0.25) is 0 Å². The van der Waals surface area contributed by atoms with Gasteiger partial charge in [-0.2, -0.15) is 0 Å². The zero-order valence-corrected chi connectivity index (χ0v) is 34.1. The van der Waals surface area contributed by atoms with Gasteiger partial charge >= 0.3 is 0 Å². The van der Waals surface area contributed by atoms with Gasteiger partial charge in [-0.1, -0.05) is 176 Å². The van der Waals surface area contributed by atoms with E-state index in [0.29, 0.717) is 0 Å². The molecule has 10 aromatic carbocycles. The van der Waals surface area contributed by atoms with E-state index in [9.17, 15) is 0 Å². The van der Waals surface area contributed by atoms with E-state index in [0.717, 1.165) is 22.7 Å². The lowest BCUT2D eigenvalue weighted by Gasteiger charge is -2.29. The number of rotatable bonds is 7. The maximum Gasteiger partial charge on any atom is 0.0640 e. The quantitative estimate of drug-likeness (QED) is 0.156. The molecule has 0 amide bonds. The molecule has 0 atom stereocenters. The average Bonchev–Trinajstić information content (AvgIpc) is 3.89. The van der Waals surface area contributed by atoms with Gasteiger partial charge in [0.1, 0.15) is 0 Å². The molecule has 0 unspecified atom stereocenters. The summed E-state index contributed by atoms with van der Waals surface area (Å²) in [6.45, 7) is 0. The van der Waals surface area contributed by atoms with Gasteiger partial charge in [-0.15, -0.1) is 11.3 Å². The SMILES string of the molecule is c1ccc(-c2ccc(-c3cccc4ccccc34)cc2N(c2ccc(-c3cccc(-n4c5ccccc5c5ccccc54)c3)cc2)c2cccc3c2sc2ccccc23)cc1. The van der Waals surface area contributed by atoms with Crippen LogP contribution in [0.15, 0.2) is 231 Å². The van der Waals surface area contributed by atoms with Gasteiger partial charge < -0.3 is 9.47 Å². The van der Waals surface area contributed by atoms with Crippen molar-refractivity contribution in [3.05, 3.63) is 231 Å². The Morgan fingerprint density at radius 2 is 0.951 bits per heavy atom. The molecule has 0 bridgehead atoms. The van der Waals surface area contributed by atoms with Crippen molar-refractivity contribution in [3.8, 4) is 39.1 Å². The van der Waals surface area contributed by atoms with Crippen molar-refractivity contribution in [1.82, 2.24) is 4.57 Å². The number of benzene rings is 10. The summed E-state index contributed by atoms with van der Waals surface area (Å²) in [7, 11) is 0. The molecular weight excluding hydrogens is 757 g/mol. The van der Waals surface area contributed by atoms with E-state index in [1.54, 1.807) is 0 Å². The summed E-state index contributed by atoms with van der Waals surface area (Å²) < 4.78 is 4.95. The fourth-order valence-electron chi connectivity index (χ4n) is 9.37. The molecule has 0 fully saturated rings. The van der Waals surface area contributed by atoms with Crippen LogP contribution in [0, 0.1) is 0 Å². The highest BCUT2D eigenvalue weighted by molar-refractivity contribution is 7.26. The molecule has 2 heterocycles. The van der Waals surface area contributed by atoms with Crippen LogP contribution in [0.5, 0.6) is 0 Å². The first-order chi connectivity index (χ1) is 30.3. The molecule has 0 saturated carbocycles. The predicted octanol–water partition coefficient (Wildman–Crippen LogP) is 16.8. The third kappa shape index (κ3) is 5.93. The Morgan fingerprint density at radius 3 is 1.75 bits per heavy atom. The summed E-state index contributed by atoms with van der Waals surface area (Å²) >= 11 is 1.87. The van der Waals surface area contributed by atoms with E-state index in [1.807, 2.05) is 11.3 Å². The molecule has 61 heavy (non-hydrogen) atoms. The van der Waals surface area contributed by atoms with Crippen molar-refractivity contribution in [2.45, 2.75) is 0 Å². The molecule has 0 radical (unpaired) electrons. The largest absolute Gasteiger partial charge is 0.309 e. The number of anilines is 3. The summed E-state index contributed by atoms with van der Waals surface area (Å²) in [5.41, 5.74) is 14.0. The van der Waals surface area contributed by atoms with Crippen molar-refractivity contribution in [2.24, 2.45) is 0 Å². The molecule has 2 nitrogen and oxygen atoms in total. The minimum absolute atomic E-state index is 1.10. The molecule has 0 aliphatic rings. The Morgan fingerprint density at radius 1 is 0.344 bits per heavy atom. The lowest BCUT2D eigenvalue weighted by atomic mass is 9.94. The number of nitrogens with zero attached hydrogens (tertiary/aromatic N) is 2. The third-order valence-corrected chi connectivity index (χ3v) is 13.4. The Bertz CT molecular complexity index is 3540. The molecule has 12 aromatic rings. The number of aromatic nitrogens is 1. The first-order valence-electron chi connectivity index (χ1n) is 20.8. The van der Waals surface area contributed by atoms with Gasteiger partial charge in [0.25, 0.3) is 0 Å². The molecule has 0 spiro atoms. The van der Waals surface area contributed by atoms with E-state index in [1.165, 1.54) is 86.1 Å². The van der Waals surface area contributed by atoms with Crippen LogP contribution < -0.4 is 4.90 Å². The fourth-order valence-corrected chi connectivity index (χ4v) is 10.6. The lowest BCUT2D eigenvalue weighted by Crippen LogP contribution is -2.11. The van der Waals surface area contributed by atoms with E-state index in [-0.39, 0.29) is 0 Å². The first-order valence-corrected chi connectivity index (χ1v) is 21.7. The van der Waals surface area contributed by atoms with E-state index in [4.69, 9.17) is 0 Å². The van der Waals surface area contributed by atoms with Gasteiger partial charge in [-0.25, -0.2) is 0 Å². The topological polar surface area (TPSA) is 8.17 Å². The Labute approximate surface area is 358 Å². The second-order valence-corrected chi connectivity index (χ2v) is 16.7. The van der Waals surface area contributed by atoms with Crippen molar-refractivity contribution < 1.29 is 0 Å². The Balaban J connectivity index is 1.06. The molecule has 2 aromatic heterocycles. The van der Waals surface area contributed by atoms with Crippen LogP contribution in [0.1, 0.15) is 0 Å². The van der Waals surface area contributed by atoms with Crippen LogP contribution >= 0.6 is 11.3 Å². The zero-order valence-electron chi connectivity index (χ0n) is 33.2. The molecule has 0 N–H and O–H groups in total. The van der Waals surface area contributed by atoms with Crippen molar-refractivity contribution in [2.75, 3.05) is 4.90 Å². The number of hydrogen-bond acceptors (Lipinski definition) is 2. The third-order valence-electron chi connectivity index (χ3n) is 12.2. The van der Waals surface area contributed by atoms with Crippen molar-refractivity contribution >= 4 is 81.1 Å². The summed E-state index contributed by atoms with van der Waals surface area (Å²) in [6, 6.07) is 84.3. The van der Waals surface area contributed by atoms with Gasteiger partial charge in [0.15, 0.2) is 0 Å². The van der Waals surface area contributed by atoms with E-state index < -0.39 is 0 Å². The van der Waals surface area contributed by atoms with Crippen molar-refractivity contribution in [3.63, 3.8) is 0 Å². The van der Waals surface area contributed by atoms with Gasteiger partial charge in [-0.05, 0) is 93.2 Å². The van der Waals surface area contributed by atoms with Gasteiger partial charge in [0.2, 0.25) is 0 Å². The highest BCUT2D eigenvalue weighted by Crippen LogP contribution is 2.48. The van der Waals surface area contributed by atoms with Crippen LogP contribution in [0.25, 0.3) is 91.8 Å². The fraction of sp³-hybridized carbons (Fsp3) is 0. The zero-order chi connectivity index (χ0) is 40.3. The van der Waals surface area contributed by atoms with Crippen LogP contribution in [0.4, 0.5) is 17.1 Å². The molecule has 0 aliphatic heterocycles. The van der Waals surface area contributed by atoms with Crippen LogP contribution in [0.2, 0.25) is 0 Å². The lowest BCUT2D eigenvalue weighted by molar-refractivity contribution is 1.18. The number of thiophene rings is 1. The van der Waals surface area contributed by atoms with E-state index >= 15 is 0 Å². The number of fused-ring (bicyclic) bond motifs is 7. The summed E-state index contributed by atoms with van der Waals surface area (Å²) in [4.78, 5) is 2.49. The first kappa shape index (κ1) is 35.2. The van der Waals surface area contributed by atoms with Gasteiger partial charge in [0.05, 0.1) is 27.1 Å². The van der Waals surface area contributed by atoms with Crippen molar-refractivity contribution in [1.29, 1.82) is 0 Å². The number of para-hydroxylation sites is 2. The minimum atomic E-state index is 1.10. The molecule has 3 heteroatoms. The normalized spacial score (nSPS) is 11.6.